The SMILES string of the molecule is NC(=O)C(O)CNC1CCCC1. The Bertz CT molecular complexity index is 155. The number of rotatable bonds is 4. The van der Waals surface area contributed by atoms with Crippen molar-refractivity contribution in [1.29, 1.82) is 0 Å². The lowest BCUT2D eigenvalue weighted by Crippen LogP contribution is -2.40. The third-order valence-corrected chi connectivity index (χ3v) is 2.28. The molecule has 70 valence electrons. The number of nitrogens with two attached hydrogens (primary N) is 1. The van der Waals surface area contributed by atoms with Crippen molar-refractivity contribution in [3.05, 3.63) is 0 Å². The molecule has 0 aromatic rings. The Morgan fingerprint density at radius 1 is 1.58 bits per heavy atom. The number of carbonyl (C=O) groups is 1. The first kappa shape index (κ1) is 9.48. The van der Waals surface area contributed by atoms with Crippen molar-refractivity contribution in [3.63, 3.8) is 0 Å². The van der Waals surface area contributed by atoms with E-state index >= 15 is 0 Å². The van der Waals surface area contributed by atoms with Crippen LogP contribution >= 0.6 is 0 Å². The van der Waals surface area contributed by atoms with Crippen LogP contribution in [-0.2, 0) is 4.79 Å². The summed E-state index contributed by atoms with van der Waals surface area (Å²) in [4.78, 5) is 10.4. The predicted molar refractivity (Wildman–Crippen MR) is 45.5 cm³/mol. The van der Waals surface area contributed by atoms with Gasteiger partial charge in [-0.25, -0.2) is 0 Å². The highest BCUT2D eigenvalue weighted by Crippen LogP contribution is 2.17. The molecule has 0 aromatic carbocycles. The molecule has 0 radical (unpaired) electrons. The van der Waals surface area contributed by atoms with Gasteiger partial charge in [0.05, 0.1) is 0 Å². The quantitative estimate of drug-likeness (QED) is 0.528. The normalized spacial score (nSPS) is 21.1. The number of hydrogen-bond acceptors (Lipinski definition) is 3. The maximum Gasteiger partial charge on any atom is 0.247 e. The van der Waals surface area contributed by atoms with Gasteiger partial charge >= 0.3 is 0 Å². The first-order valence-electron chi connectivity index (χ1n) is 4.41. The van der Waals surface area contributed by atoms with Gasteiger partial charge in [0, 0.05) is 12.6 Å². The summed E-state index contributed by atoms with van der Waals surface area (Å²) in [6, 6.07) is 0.471. The lowest BCUT2D eigenvalue weighted by molar-refractivity contribution is -0.125. The number of carbonyl (C=O) groups excluding carboxylic acids is 1. The van der Waals surface area contributed by atoms with Crippen molar-refractivity contribution in [1.82, 2.24) is 5.32 Å². The van der Waals surface area contributed by atoms with Crippen molar-refractivity contribution in [3.8, 4) is 0 Å². The van der Waals surface area contributed by atoms with Crippen molar-refractivity contribution >= 4 is 5.91 Å². The summed E-state index contributed by atoms with van der Waals surface area (Å²) < 4.78 is 0. The lowest BCUT2D eigenvalue weighted by Gasteiger charge is -2.13. The molecule has 0 spiro atoms. The van der Waals surface area contributed by atoms with E-state index in [4.69, 9.17) is 10.8 Å². The summed E-state index contributed by atoms with van der Waals surface area (Å²) in [5.41, 5.74) is 4.89. The molecule has 1 aliphatic rings. The highest BCUT2D eigenvalue weighted by molar-refractivity contribution is 5.78. The van der Waals surface area contributed by atoms with Crippen LogP contribution in [0.2, 0.25) is 0 Å². The predicted octanol–water partition coefficient (Wildman–Crippen LogP) is -0.635. The van der Waals surface area contributed by atoms with Crippen molar-refractivity contribution < 1.29 is 9.90 Å². The molecule has 1 saturated carbocycles. The van der Waals surface area contributed by atoms with Gasteiger partial charge in [-0.05, 0) is 12.8 Å². The zero-order valence-electron chi connectivity index (χ0n) is 7.12. The minimum Gasteiger partial charge on any atom is -0.382 e. The van der Waals surface area contributed by atoms with Gasteiger partial charge in [-0.2, -0.15) is 0 Å². The molecule has 1 amide bonds. The Morgan fingerprint density at radius 3 is 2.67 bits per heavy atom. The fourth-order valence-electron chi connectivity index (χ4n) is 1.51. The molecule has 1 fully saturated rings. The van der Waals surface area contributed by atoms with E-state index in [0.717, 1.165) is 12.8 Å². The number of nitrogens with one attached hydrogen (secondary N) is 1. The van der Waals surface area contributed by atoms with E-state index in [2.05, 4.69) is 5.32 Å². The molecule has 4 heteroatoms. The third-order valence-electron chi connectivity index (χ3n) is 2.28. The summed E-state index contributed by atoms with van der Waals surface area (Å²) >= 11 is 0. The number of hydrogen-bond donors (Lipinski definition) is 3. The molecule has 1 unspecified atom stereocenters. The average Bonchev–Trinajstić information content (AvgIpc) is 2.51. The van der Waals surface area contributed by atoms with Crippen LogP contribution < -0.4 is 11.1 Å². The monoisotopic (exact) mass is 172 g/mol. The third kappa shape index (κ3) is 2.79. The molecular formula is C8H16N2O2. The molecule has 0 heterocycles. The molecule has 4 N–H and O–H groups in total. The summed E-state index contributed by atoms with van der Waals surface area (Å²) in [7, 11) is 0. The second-order valence-electron chi connectivity index (χ2n) is 3.31. The van der Waals surface area contributed by atoms with E-state index in [1.54, 1.807) is 0 Å². The maximum atomic E-state index is 10.4. The second kappa shape index (κ2) is 4.42. The van der Waals surface area contributed by atoms with Crippen LogP contribution in [-0.4, -0.2) is 29.7 Å². The fraction of sp³-hybridized carbons (Fsp3) is 0.875. The van der Waals surface area contributed by atoms with Gasteiger partial charge in [0.1, 0.15) is 6.10 Å². The van der Waals surface area contributed by atoms with Crippen LogP contribution in [0, 0.1) is 0 Å². The number of primary amides is 1. The Labute approximate surface area is 72.1 Å². The largest absolute Gasteiger partial charge is 0.382 e. The summed E-state index contributed by atoms with van der Waals surface area (Å²) in [6.45, 7) is 0.292. The average molecular weight is 172 g/mol. The summed E-state index contributed by atoms with van der Waals surface area (Å²) in [5, 5.41) is 12.2. The number of aliphatic hydroxyl groups is 1. The van der Waals surface area contributed by atoms with Gasteiger partial charge in [-0.15, -0.1) is 0 Å². The van der Waals surface area contributed by atoms with Crippen LogP contribution in [0.15, 0.2) is 0 Å². The van der Waals surface area contributed by atoms with Crippen molar-refractivity contribution in [2.45, 2.75) is 37.8 Å². The zero-order valence-corrected chi connectivity index (χ0v) is 7.12. The summed E-state index contributed by atoms with van der Waals surface area (Å²) in [5.74, 6) is -0.652. The van der Waals surface area contributed by atoms with E-state index in [1.807, 2.05) is 0 Å². The lowest BCUT2D eigenvalue weighted by atomic mass is 10.2. The molecule has 4 nitrogen and oxygen atoms in total. The minimum atomic E-state index is -1.04. The molecule has 0 aromatic heterocycles. The Balaban J connectivity index is 2.11. The smallest absolute Gasteiger partial charge is 0.247 e. The highest BCUT2D eigenvalue weighted by Gasteiger charge is 2.17. The van der Waals surface area contributed by atoms with Gasteiger partial charge in [-0.1, -0.05) is 12.8 Å². The number of aliphatic hydroxyl groups excluding tert-OH is 1. The van der Waals surface area contributed by atoms with Crippen LogP contribution in [0.25, 0.3) is 0 Å². The highest BCUT2D eigenvalue weighted by atomic mass is 16.3. The molecule has 0 bridgehead atoms. The molecular weight excluding hydrogens is 156 g/mol. The molecule has 0 aliphatic heterocycles. The van der Waals surface area contributed by atoms with Gasteiger partial charge in [0.2, 0.25) is 5.91 Å². The van der Waals surface area contributed by atoms with Crippen LogP contribution in [0.5, 0.6) is 0 Å². The summed E-state index contributed by atoms with van der Waals surface area (Å²) in [6.07, 6.45) is 3.73. The van der Waals surface area contributed by atoms with Crippen molar-refractivity contribution in [2.24, 2.45) is 5.73 Å². The van der Waals surface area contributed by atoms with E-state index in [1.165, 1.54) is 12.8 Å². The fourth-order valence-corrected chi connectivity index (χ4v) is 1.51. The zero-order chi connectivity index (χ0) is 8.97. The Morgan fingerprint density at radius 2 is 2.17 bits per heavy atom. The van der Waals surface area contributed by atoms with Gasteiger partial charge < -0.3 is 16.2 Å². The molecule has 1 rings (SSSR count). The van der Waals surface area contributed by atoms with Gasteiger partial charge in [0.15, 0.2) is 0 Å². The standard InChI is InChI=1S/C8H16N2O2/c9-8(12)7(11)5-10-6-3-1-2-4-6/h6-7,10-11H,1-5H2,(H2,9,12). The first-order valence-corrected chi connectivity index (χ1v) is 4.41. The Kier molecular flexibility index (Phi) is 3.49. The number of amides is 1. The molecule has 12 heavy (non-hydrogen) atoms. The van der Waals surface area contributed by atoms with E-state index in [9.17, 15) is 4.79 Å². The Hall–Kier alpha value is -0.610. The maximum absolute atomic E-state index is 10.4. The van der Waals surface area contributed by atoms with Gasteiger partial charge in [-0.3, -0.25) is 4.79 Å². The first-order chi connectivity index (χ1) is 5.70. The second-order valence-corrected chi connectivity index (χ2v) is 3.31. The van der Waals surface area contributed by atoms with Crippen molar-refractivity contribution in [2.75, 3.05) is 6.54 Å². The molecule has 0 saturated heterocycles. The van der Waals surface area contributed by atoms with E-state index in [0.29, 0.717) is 12.6 Å². The van der Waals surface area contributed by atoms with Gasteiger partial charge in [0.25, 0.3) is 0 Å². The van der Waals surface area contributed by atoms with Crippen LogP contribution in [0.3, 0.4) is 0 Å². The molecule has 1 atom stereocenters. The van der Waals surface area contributed by atoms with Crippen LogP contribution in [0.1, 0.15) is 25.7 Å². The van der Waals surface area contributed by atoms with E-state index < -0.39 is 12.0 Å². The minimum absolute atomic E-state index is 0.292. The topological polar surface area (TPSA) is 75.4 Å². The van der Waals surface area contributed by atoms with Crippen LogP contribution in [0.4, 0.5) is 0 Å². The van der Waals surface area contributed by atoms with E-state index in [-0.39, 0.29) is 0 Å². The molecule has 1 aliphatic carbocycles.